The molecule has 1 atom stereocenters. The number of pyridine rings is 1. The monoisotopic (exact) mass is 248 g/mol. The van der Waals surface area contributed by atoms with E-state index >= 15 is 0 Å². The van der Waals surface area contributed by atoms with Crippen molar-refractivity contribution in [2.45, 2.75) is 38.3 Å². The summed E-state index contributed by atoms with van der Waals surface area (Å²) < 4.78 is 0. The Kier molecular flexibility index (Phi) is 3.07. The van der Waals surface area contributed by atoms with Gasteiger partial charge in [0, 0.05) is 30.9 Å². The van der Waals surface area contributed by atoms with E-state index in [4.69, 9.17) is 0 Å². The van der Waals surface area contributed by atoms with Crippen molar-refractivity contribution < 1.29 is 14.7 Å². The number of carboxylic acids is 1. The summed E-state index contributed by atoms with van der Waals surface area (Å²) in [4.78, 5) is 28.9. The number of carbonyl (C=O) groups excluding carboxylic acids is 1. The molecule has 1 fully saturated rings. The largest absolute Gasteiger partial charge is 0.479 e. The lowest BCUT2D eigenvalue weighted by atomic mass is 9.91. The first-order valence-corrected chi connectivity index (χ1v) is 5.91. The minimum absolute atomic E-state index is 0.0313. The Labute approximate surface area is 105 Å². The molecule has 1 N–H and O–H groups in total. The fourth-order valence-corrected chi connectivity index (χ4v) is 2.29. The molecule has 0 spiro atoms. The third-order valence-electron chi connectivity index (χ3n) is 3.37. The minimum atomic E-state index is -1.35. The molecule has 1 amide bonds. The highest BCUT2D eigenvalue weighted by Gasteiger charge is 2.49. The number of aromatic nitrogens is 1. The maximum absolute atomic E-state index is 11.8. The van der Waals surface area contributed by atoms with Crippen molar-refractivity contribution in [2.75, 3.05) is 0 Å². The van der Waals surface area contributed by atoms with Gasteiger partial charge in [0.25, 0.3) is 0 Å². The molecular weight excluding hydrogens is 232 g/mol. The molecule has 1 heterocycles. The molecule has 0 aromatic carbocycles. The zero-order valence-electron chi connectivity index (χ0n) is 10.5. The Hall–Kier alpha value is -1.91. The van der Waals surface area contributed by atoms with Gasteiger partial charge >= 0.3 is 5.97 Å². The minimum Gasteiger partial charge on any atom is -0.479 e. The molecule has 1 aliphatic carbocycles. The van der Waals surface area contributed by atoms with Gasteiger partial charge in [-0.3, -0.25) is 9.78 Å². The van der Waals surface area contributed by atoms with Crippen LogP contribution in [0.25, 0.3) is 0 Å². The second-order valence-corrected chi connectivity index (χ2v) is 4.74. The molecule has 5 nitrogen and oxygen atoms in total. The van der Waals surface area contributed by atoms with Crippen molar-refractivity contribution in [3.05, 3.63) is 30.1 Å². The van der Waals surface area contributed by atoms with Crippen LogP contribution in [0.2, 0.25) is 0 Å². The van der Waals surface area contributed by atoms with Gasteiger partial charge in [-0.05, 0) is 25.8 Å². The Morgan fingerprint density at radius 2 is 2.17 bits per heavy atom. The number of rotatable bonds is 4. The normalized spacial score (nSPS) is 17.9. The number of carboxylic acid groups (broad SMARTS) is 1. The molecule has 5 heteroatoms. The van der Waals surface area contributed by atoms with Gasteiger partial charge in [0.05, 0.1) is 0 Å². The highest BCUT2D eigenvalue weighted by Crippen LogP contribution is 2.38. The lowest BCUT2D eigenvalue weighted by molar-refractivity contribution is -0.159. The maximum atomic E-state index is 11.8. The Morgan fingerprint density at radius 3 is 2.56 bits per heavy atom. The number of hydrogen-bond acceptors (Lipinski definition) is 3. The first-order valence-electron chi connectivity index (χ1n) is 5.91. The average Bonchev–Trinajstić information content (AvgIpc) is 3.13. The summed E-state index contributed by atoms with van der Waals surface area (Å²) in [5, 5.41) is 9.56. The Bertz CT molecular complexity index is 470. The molecule has 18 heavy (non-hydrogen) atoms. The first kappa shape index (κ1) is 12.5. The van der Waals surface area contributed by atoms with Crippen LogP contribution in [0.4, 0.5) is 0 Å². The van der Waals surface area contributed by atoms with E-state index in [2.05, 4.69) is 4.98 Å². The van der Waals surface area contributed by atoms with Gasteiger partial charge in [0.1, 0.15) is 0 Å². The summed E-state index contributed by atoms with van der Waals surface area (Å²) in [6.45, 7) is 2.97. The predicted molar refractivity (Wildman–Crippen MR) is 64.8 cm³/mol. The van der Waals surface area contributed by atoms with E-state index in [1.807, 2.05) is 0 Å². The first-order chi connectivity index (χ1) is 8.48. The third-order valence-corrected chi connectivity index (χ3v) is 3.37. The van der Waals surface area contributed by atoms with E-state index in [0.717, 1.165) is 12.8 Å². The van der Waals surface area contributed by atoms with Crippen LogP contribution < -0.4 is 0 Å². The van der Waals surface area contributed by atoms with Gasteiger partial charge in [-0.1, -0.05) is 6.07 Å². The van der Waals surface area contributed by atoms with E-state index in [-0.39, 0.29) is 11.9 Å². The van der Waals surface area contributed by atoms with Crippen LogP contribution in [0, 0.1) is 0 Å². The fourth-order valence-electron chi connectivity index (χ4n) is 2.29. The Morgan fingerprint density at radius 1 is 1.50 bits per heavy atom. The van der Waals surface area contributed by atoms with Crippen LogP contribution in [0.1, 0.15) is 32.3 Å². The van der Waals surface area contributed by atoms with E-state index in [9.17, 15) is 14.7 Å². The summed E-state index contributed by atoms with van der Waals surface area (Å²) in [6.07, 6.45) is 4.82. The number of nitrogens with zero attached hydrogens (tertiary/aromatic N) is 2. The van der Waals surface area contributed by atoms with Crippen LogP contribution in [0.15, 0.2) is 24.5 Å². The highest BCUT2D eigenvalue weighted by atomic mass is 16.4. The summed E-state index contributed by atoms with van der Waals surface area (Å²) in [5.41, 5.74) is -0.819. The molecule has 0 radical (unpaired) electrons. The standard InChI is InChI=1S/C13H16N2O3/c1-9(16)15(11-5-6-11)13(2,12(17)18)10-4-3-7-14-8-10/h3-4,7-8,11H,5-6H2,1-2H3,(H,17,18). The van der Waals surface area contributed by atoms with Crippen molar-refractivity contribution in [1.29, 1.82) is 0 Å². The SMILES string of the molecule is CC(=O)N(C1CC1)C(C)(C(=O)O)c1cccnc1. The van der Waals surface area contributed by atoms with Gasteiger partial charge in [0.15, 0.2) is 5.54 Å². The van der Waals surface area contributed by atoms with E-state index in [1.165, 1.54) is 18.0 Å². The lowest BCUT2D eigenvalue weighted by Crippen LogP contribution is -2.53. The molecule has 1 aromatic rings. The van der Waals surface area contributed by atoms with Gasteiger partial charge in [-0.15, -0.1) is 0 Å². The van der Waals surface area contributed by atoms with Crippen LogP contribution >= 0.6 is 0 Å². The molecule has 1 saturated carbocycles. The molecule has 96 valence electrons. The van der Waals surface area contributed by atoms with Crippen molar-refractivity contribution in [3.8, 4) is 0 Å². The van der Waals surface area contributed by atoms with E-state index < -0.39 is 11.5 Å². The Balaban J connectivity index is 2.49. The van der Waals surface area contributed by atoms with Crippen LogP contribution in [-0.4, -0.2) is 32.9 Å². The summed E-state index contributed by atoms with van der Waals surface area (Å²) in [6, 6.07) is 3.41. The molecule has 0 aliphatic heterocycles. The van der Waals surface area contributed by atoms with Crippen LogP contribution in [-0.2, 0) is 15.1 Å². The molecule has 0 saturated heterocycles. The number of carbonyl (C=O) groups is 2. The second kappa shape index (κ2) is 4.40. The molecule has 2 rings (SSSR count). The van der Waals surface area contributed by atoms with Gasteiger partial charge in [-0.25, -0.2) is 4.79 Å². The zero-order valence-corrected chi connectivity index (χ0v) is 10.5. The van der Waals surface area contributed by atoms with Gasteiger partial charge in [-0.2, -0.15) is 0 Å². The van der Waals surface area contributed by atoms with Crippen molar-refractivity contribution >= 4 is 11.9 Å². The quantitative estimate of drug-likeness (QED) is 0.874. The number of amides is 1. The van der Waals surface area contributed by atoms with Gasteiger partial charge < -0.3 is 10.0 Å². The van der Waals surface area contributed by atoms with Crippen LogP contribution in [0.3, 0.4) is 0 Å². The number of aliphatic carboxylic acids is 1. The van der Waals surface area contributed by atoms with Crippen molar-refractivity contribution in [3.63, 3.8) is 0 Å². The second-order valence-electron chi connectivity index (χ2n) is 4.74. The topological polar surface area (TPSA) is 70.5 Å². The van der Waals surface area contributed by atoms with E-state index in [1.54, 1.807) is 25.3 Å². The zero-order chi connectivity index (χ0) is 13.3. The molecule has 1 unspecified atom stereocenters. The van der Waals surface area contributed by atoms with E-state index in [0.29, 0.717) is 5.56 Å². The number of hydrogen-bond donors (Lipinski definition) is 1. The predicted octanol–water partition coefficient (Wildman–Crippen LogP) is 1.39. The molecule has 0 bridgehead atoms. The van der Waals surface area contributed by atoms with Crippen molar-refractivity contribution in [2.24, 2.45) is 0 Å². The molecule has 1 aromatic heterocycles. The molecular formula is C13H16N2O3. The fraction of sp³-hybridized carbons (Fsp3) is 0.462. The summed E-state index contributed by atoms with van der Waals surface area (Å²) >= 11 is 0. The lowest BCUT2D eigenvalue weighted by Gasteiger charge is -2.37. The summed E-state index contributed by atoms with van der Waals surface area (Å²) in [7, 11) is 0. The summed E-state index contributed by atoms with van der Waals surface area (Å²) in [5.74, 6) is -1.25. The van der Waals surface area contributed by atoms with Gasteiger partial charge in [0.2, 0.25) is 5.91 Å². The molecule has 1 aliphatic rings. The highest BCUT2D eigenvalue weighted by molar-refractivity contribution is 5.87. The average molecular weight is 248 g/mol. The third kappa shape index (κ3) is 1.96. The maximum Gasteiger partial charge on any atom is 0.334 e. The van der Waals surface area contributed by atoms with Crippen molar-refractivity contribution in [1.82, 2.24) is 9.88 Å². The smallest absolute Gasteiger partial charge is 0.334 e. The van der Waals surface area contributed by atoms with Crippen LogP contribution in [0.5, 0.6) is 0 Å².